The summed E-state index contributed by atoms with van der Waals surface area (Å²) < 4.78 is 13.1. The largest absolute Gasteiger partial charge is 0.497 e. The van der Waals surface area contributed by atoms with Gasteiger partial charge in [0.25, 0.3) is 5.91 Å². The zero-order valence-electron chi connectivity index (χ0n) is 19.0. The van der Waals surface area contributed by atoms with E-state index in [9.17, 15) is 14.7 Å². The summed E-state index contributed by atoms with van der Waals surface area (Å²) >= 11 is 6.05. The predicted molar refractivity (Wildman–Crippen MR) is 126 cm³/mol. The van der Waals surface area contributed by atoms with Gasteiger partial charge in [-0.25, -0.2) is 0 Å². The highest BCUT2D eigenvalue weighted by atomic mass is 35.5. The molecule has 0 saturated heterocycles. The van der Waals surface area contributed by atoms with E-state index in [1.54, 1.807) is 55.0 Å². The summed E-state index contributed by atoms with van der Waals surface area (Å²) in [6, 6.07) is 14.6. The van der Waals surface area contributed by atoms with Gasteiger partial charge in [0.15, 0.2) is 0 Å². The van der Waals surface area contributed by atoms with Gasteiger partial charge in [0.05, 0.1) is 19.3 Å². The first-order valence-electron chi connectivity index (χ1n) is 11.0. The molecule has 178 valence electrons. The number of imidazole rings is 1. The van der Waals surface area contributed by atoms with E-state index in [0.29, 0.717) is 47.3 Å². The van der Waals surface area contributed by atoms with Gasteiger partial charge < -0.3 is 14.6 Å². The molecule has 3 aromatic rings. The molecule has 1 aliphatic heterocycles. The van der Waals surface area contributed by atoms with E-state index in [-0.39, 0.29) is 25.1 Å². The number of fused-ring (bicyclic) bond motifs is 1. The predicted octanol–water partition coefficient (Wildman–Crippen LogP) is 3.93. The van der Waals surface area contributed by atoms with Crippen LogP contribution in [0, 0.1) is 5.92 Å². The number of hydrogen-bond acceptors (Lipinski definition) is 6. The summed E-state index contributed by atoms with van der Waals surface area (Å²) in [7, 11) is 1.57. The first kappa shape index (κ1) is 23.8. The van der Waals surface area contributed by atoms with Crippen LogP contribution in [0.1, 0.15) is 35.1 Å². The van der Waals surface area contributed by atoms with E-state index in [1.807, 2.05) is 12.1 Å². The third-order valence-electron chi connectivity index (χ3n) is 5.68. The Bertz CT molecular complexity index is 1190. The number of carbonyl (C=O) groups excluding carboxylic acids is 2. The lowest BCUT2D eigenvalue weighted by Gasteiger charge is -2.22. The van der Waals surface area contributed by atoms with Crippen LogP contribution in [-0.4, -0.2) is 51.6 Å². The Kier molecular flexibility index (Phi) is 7.19. The molecule has 8 nitrogen and oxygen atoms in total. The molecule has 0 spiro atoms. The van der Waals surface area contributed by atoms with Crippen molar-refractivity contribution in [3.8, 4) is 17.5 Å². The minimum absolute atomic E-state index is 0.119. The van der Waals surface area contributed by atoms with Crippen LogP contribution < -0.4 is 9.47 Å². The highest BCUT2D eigenvalue weighted by molar-refractivity contribution is 6.30. The summed E-state index contributed by atoms with van der Waals surface area (Å²) in [4.78, 5) is 32.4. The van der Waals surface area contributed by atoms with Gasteiger partial charge in [0.2, 0.25) is 5.91 Å². The monoisotopic (exact) mass is 483 g/mol. The second-order valence-electron chi connectivity index (χ2n) is 8.16. The fraction of sp³-hybridized carbons (Fsp3) is 0.320. The number of benzene rings is 2. The van der Waals surface area contributed by atoms with Crippen molar-refractivity contribution in [3.63, 3.8) is 0 Å². The number of halogens is 1. The van der Waals surface area contributed by atoms with Crippen molar-refractivity contribution in [2.75, 3.05) is 20.3 Å². The maximum absolute atomic E-state index is 13.6. The van der Waals surface area contributed by atoms with E-state index in [0.717, 1.165) is 5.56 Å². The zero-order chi connectivity index (χ0) is 24.2. The Labute approximate surface area is 202 Å². The number of aromatic nitrogens is 2. The molecule has 1 N–H and O–H groups in total. The number of aliphatic hydroxyl groups excluding tert-OH is 1. The summed E-state index contributed by atoms with van der Waals surface area (Å²) in [6.45, 7) is 2.08. The van der Waals surface area contributed by atoms with Crippen molar-refractivity contribution < 1.29 is 24.2 Å². The van der Waals surface area contributed by atoms with E-state index in [2.05, 4.69) is 4.98 Å². The summed E-state index contributed by atoms with van der Waals surface area (Å²) in [5.74, 6) is -0.0251. The number of imide groups is 1. The maximum atomic E-state index is 13.6. The molecule has 0 bridgehead atoms. The normalized spacial score (nSPS) is 15.8. The molecule has 2 amide bonds. The van der Waals surface area contributed by atoms with Crippen LogP contribution in [0.4, 0.5) is 0 Å². The van der Waals surface area contributed by atoms with Crippen molar-refractivity contribution in [3.05, 3.63) is 70.5 Å². The Morgan fingerprint density at radius 2 is 1.88 bits per heavy atom. The molecule has 4 rings (SSSR count). The third kappa shape index (κ3) is 4.93. The molecule has 1 unspecified atom stereocenters. The lowest BCUT2D eigenvalue weighted by Crippen LogP contribution is -2.40. The van der Waals surface area contributed by atoms with E-state index in [4.69, 9.17) is 21.1 Å². The zero-order valence-corrected chi connectivity index (χ0v) is 19.8. The molecule has 34 heavy (non-hydrogen) atoms. The molecule has 9 heteroatoms. The van der Waals surface area contributed by atoms with Crippen LogP contribution in [0.25, 0.3) is 0 Å². The van der Waals surface area contributed by atoms with Gasteiger partial charge in [-0.05, 0) is 36.2 Å². The van der Waals surface area contributed by atoms with E-state index < -0.39 is 11.8 Å². The second-order valence-corrected chi connectivity index (χ2v) is 8.60. The first-order chi connectivity index (χ1) is 16.4. The van der Waals surface area contributed by atoms with E-state index >= 15 is 0 Å². The van der Waals surface area contributed by atoms with Crippen LogP contribution >= 0.6 is 11.6 Å². The van der Waals surface area contributed by atoms with Gasteiger partial charge >= 0.3 is 6.01 Å². The lowest BCUT2D eigenvalue weighted by atomic mass is 10.1. The number of aliphatic hydroxyl groups is 1. The Morgan fingerprint density at radius 3 is 2.59 bits per heavy atom. The maximum Gasteiger partial charge on any atom is 0.303 e. The molecule has 2 heterocycles. The summed E-state index contributed by atoms with van der Waals surface area (Å²) in [5.41, 5.74) is 1.70. The van der Waals surface area contributed by atoms with Gasteiger partial charge in [-0.15, -0.1) is 0 Å². The Balaban J connectivity index is 1.80. The average molecular weight is 484 g/mol. The number of nitrogens with zero attached hydrogens (tertiary/aromatic N) is 3. The molecule has 2 aromatic carbocycles. The van der Waals surface area contributed by atoms with Gasteiger partial charge in [-0.2, -0.15) is 4.98 Å². The summed E-state index contributed by atoms with van der Waals surface area (Å²) in [5, 5.41) is 9.88. The first-order valence-corrected chi connectivity index (χ1v) is 11.4. The van der Waals surface area contributed by atoms with Crippen LogP contribution in [0.5, 0.6) is 17.5 Å². The number of carbonyl (C=O) groups is 2. The molecule has 0 radical (unpaired) electrons. The standard InChI is InChI=1S/C25H26ClN3O5/c1-16-13-21-22(24(32)28(23(16)31)11-4-12-30)29(15-17-7-9-18(26)10-8-17)25(27-21)34-20-6-3-5-19(14-20)33-2/h3,5-10,14,16,30H,4,11-13,15H2,1-2H3. The number of amides is 2. The van der Waals surface area contributed by atoms with Crippen LogP contribution in [0.15, 0.2) is 48.5 Å². The fourth-order valence-corrected chi connectivity index (χ4v) is 4.07. The third-order valence-corrected chi connectivity index (χ3v) is 5.94. The number of hydrogen-bond donors (Lipinski definition) is 1. The topological polar surface area (TPSA) is 93.9 Å². The van der Waals surface area contributed by atoms with Crippen molar-refractivity contribution in [2.45, 2.75) is 26.3 Å². The van der Waals surface area contributed by atoms with Gasteiger partial charge in [0, 0.05) is 36.6 Å². The highest BCUT2D eigenvalue weighted by Gasteiger charge is 2.37. The molecule has 1 aliphatic rings. The van der Waals surface area contributed by atoms with E-state index in [1.165, 1.54) is 4.90 Å². The molecule has 0 saturated carbocycles. The molecule has 1 atom stereocenters. The minimum atomic E-state index is -0.445. The van der Waals surface area contributed by atoms with Gasteiger partial charge in [-0.3, -0.25) is 19.1 Å². The van der Waals surface area contributed by atoms with Crippen molar-refractivity contribution >= 4 is 23.4 Å². The molecule has 1 aromatic heterocycles. The van der Waals surface area contributed by atoms with Crippen molar-refractivity contribution in [1.29, 1.82) is 0 Å². The second kappa shape index (κ2) is 10.3. The molecule has 0 fully saturated rings. The van der Waals surface area contributed by atoms with Crippen molar-refractivity contribution in [1.82, 2.24) is 14.5 Å². The average Bonchev–Trinajstić information content (AvgIpc) is 3.12. The Morgan fingerprint density at radius 1 is 1.15 bits per heavy atom. The van der Waals surface area contributed by atoms with Crippen LogP contribution in [-0.2, 0) is 17.8 Å². The van der Waals surface area contributed by atoms with Gasteiger partial charge in [0.1, 0.15) is 17.2 Å². The highest BCUT2D eigenvalue weighted by Crippen LogP contribution is 2.31. The van der Waals surface area contributed by atoms with Crippen molar-refractivity contribution in [2.24, 2.45) is 5.92 Å². The molecule has 0 aliphatic carbocycles. The number of ether oxygens (including phenoxy) is 2. The summed E-state index contributed by atoms with van der Waals surface area (Å²) in [6.07, 6.45) is 0.607. The lowest BCUT2D eigenvalue weighted by molar-refractivity contribution is -0.132. The molecular weight excluding hydrogens is 458 g/mol. The smallest absolute Gasteiger partial charge is 0.303 e. The minimum Gasteiger partial charge on any atom is -0.497 e. The number of methoxy groups -OCH3 is 1. The van der Waals surface area contributed by atoms with Crippen LogP contribution in [0.3, 0.4) is 0 Å². The quantitative estimate of drug-likeness (QED) is 0.488. The van der Waals surface area contributed by atoms with Crippen LogP contribution in [0.2, 0.25) is 5.02 Å². The van der Waals surface area contributed by atoms with Gasteiger partial charge in [-0.1, -0.05) is 36.7 Å². The fourth-order valence-electron chi connectivity index (χ4n) is 3.94. The molecular formula is C25H26ClN3O5. The number of rotatable bonds is 8. The SMILES string of the molecule is COc1cccc(Oc2nc3c(n2Cc2ccc(Cl)cc2)C(=O)N(CCCO)C(=O)C(C)C3)c1. The Hall–Kier alpha value is -3.36.